The molecule has 0 saturated heterocycles. The first-order chi connectivity index (χ1) is 17.8. The van der Waals surface area contributed by atoms with E-state index in [1.165, 1.54) is 16.2 Å². The standard InChI is InChI=1S/C29H29N3O4S/c1-19-8-11-22(12-9-19)27(29(35)30-17-24-6-4-14-36-24)32(23-13-10-20(2)21(3)16-23)26(33)18-31-28(34)25-7-5-15-37-25/h4-16,27H,17-18H2,1-3H3,(H,30,35)(H,31,34)/t27-/m0/s1. The van der Waals surface area contributed by atoms with Crippen LogP contribution in [0.5, 0.6) is 0 Å². The van der Waals surface area contributed by atoms with E-state index >= 15 is 0 Å². The number of hydrogen-bond donors (Lipinski definition) is 2. The Morgan fingerprint density at radius 2 is 1.70 bits per heavy atom. The zero-order valence-electron chi connectivity index (χ0n) is 21.0. The number of aryl methyl sites for hydroxylation is 3. The fraction of sp³-hybridized carbons (Fsp3) is 0.207. The first-order valence-corrected chi connectivity index (χ1v) is 12.8. The maximum absolute atomic E-state index is 13.7. The third-order valence-corrected chi connectivity index (χ3v) is 6.97. The summed E-state index contributed by atoms with van der Waals surface area (Å²) in [7, 11) is 0. The fourth-order valence-electron chi connectivity index (χ4n) is 3.90. The van der Waals surface area contributed by atoms with Crippen LogP contribution in [0.15, 0.2) is 82.8 Å². The van der Waals surface area contributed by atoms with Gasteiger partial charge in [0.05, 0.1) is 24.2 Å². The highest BCUT2D eigenvalue weighted by Crippen LogP contribution is 2.30. The molecule has 0 aliphatic heterocycles. The Morgan fingerprint density at radius 1 is 0.919 bits per heavy atom. The summed E-state index contributed by atoms with van der Waals surface area (Å²) in [4.78, 5) is 42.0. The molecule has 2 heterocycles. The molecule has 3 amide bonds. The normalized spacial score (nSPS) is 11.5. The molecule has 0 spiro atoms. The van der Waals surface area contributed by atoms with Crippen LogP contribution in [-0.4, -0.2) is 24.3 Å². The van der Waals surface area contributed by atoms with E-state index in [1.807, 2.05) is 63.2 Å². The average Bonchev–Trinajstić information content (AvgIpc) is 3.61. The molecule has 8 heteroatoms. The number of hydrogen-bond acceptors (Lipinski definition) is 5. The number of carbonyl (C=O) groups is 3. The van der Waals surface area contributed by atoms with Gasteiger partial charge in [0.2, 0.25) is 11.8 Å². The maximum Gasteiger partial charge on any atom is 0.261 e. The third-order valence-electron chi connectivity index (χ3n) is 6.10. The van der Waals surface area contributed by atoms with Crippen LogP contribution in [0.4, 0.5) is 5.69 Å². The molecule has 0 fully saturated rings. The smallest absolute Gasteiger partial charge is 0.261 e. The second-order valence-electron chi connectivity index (χ2n) is 8.80. The van der Waals surface area contributed by atoms with Gasteiger partial charge in [-0.25, -0.2) is 0 Å². The Hall–Kier alpha value is -4.17. The van der Waals surface area contributed by atoms with Gasteiger partial charge in [-0.15, -0.1) is 11.3 Å². The van der Waals surface area contributed by atoms with E-state index in [1.54, 1.807) is 35.9 Å². The molecule has 0 unspecified atom stereocenters. The Labute approximate surface area is 220 Å². The molecular formula is C29H29N3O4S. The minimum absolute atomic E-state index is 0.179. The number of benzene rings is 2. The second kappa shape index (κ2) is 11.7. The monoisotopic (exact) mass is 515 g/mol. The van der Waals surface area contributed by atoms with E-state index in [2.05, 4.69) is 10.6 Å². The molecule has 0 aliphatic carbocycles. The molecule has 0 saturated carbocycles. The summed E-state index contributed by atoms with van der Waals surface area (Å²) >= 11 is 1.30. The predicted octanol–water partition coefficient (Wildman–Crippen LogP) is 5.09. The molecule has 7 nitrogen and oxygen atoms in total. The number of amides is 3. The van der Waals surface area contributed by atoms with Crippen molar-refractivity contribution in [1.29, 1.82) is 0 Å². The fourth-order valence-corrected chi connectivity index (χ4v) is 4.54. The van der Waals surface area contributed by atoms with Crippen LogP contribution in [0.3, 0.4) is 0 Å². The van der Waals surface area contributed by atoms with Crippen molar-refractivity contribution in [2.45, 2.75) is 33.4 Å². The van der Waals surface area contributed by atoms with Gasteiger partial charge >= 0.3 is 0 Å². The zero-order valence-corrected chi connectivity index (χ0v) is 21.8. The summed E-state index contributed by atoms with van der Waals surface area (Å²) in [5, 5.41) is 7.41. The van der Waals surface area contributed by atoms with Gasteiger partial charge in [-0.3, -0.25) is 19.3 Å². The average molecular weight is 516 g/mol. The highest BCUT2D eigenvalue weighted by atomic mass is 32.1. The molecule has 0 aliphatic rings. The van der Waals surface area contributed by atoms with E-state index in [4.69, 9.17) is 4.42 Å². The molecule has 190 valence electrons. The van der Waals surface area contributed by atoms with Gasteiger partial charge < -0.3 is 15.1 Å². The number of anilines is 1. The topological polar surface area (TPSA) is 91.7 Å². The van der Waals surface area contributed by atoms with E-state index in [9.17, 15) is 14.4 Å². The molecule has 1 atom stereocenters. The van der Waals surface area contributed by atoms with Crippen molar-refractivity contribution in [3.8, 4) is 0 Å². The van der Waals surface area contributed by atoms with Crippen LogP contribution in [0.1, 0.15) is 43.7 Å². The quantitative estimate of drug-likeness (QED) is 0.325. The van der Waals surface area contributed by atoms with Gasteiger partial charge in [0.25, 0.3) is 5.91 Å². The molecule has 2 N–H and O–H groups in total. The summed E-state index contributed by atoms with van der Waals surface area (Å²) in [5.41, 5.74) is 4.30. The molecule has 4 aromatic rings. The van der Waals surface area contributed by atoms with Gasteiger partial charge in [-0.1, -0.05) is 42.0 Å². The maximum atomic E-state index is 13.7. The van der Waals surface area contributed by atoms with Crippen molar-refractivity contribution >= 4 is 34.7 Å². The second-order valence-corrected chi connectivity index (χ2v) is 9.75. The lowest BCUT2D eigenvalue weighted by Crippen LogP contribution is -2.47. The van der Waals surface area contributed by atoms with Crippen molar-refractivity contribution in [1.82, 2.24) is 10.6 Å². The Morgan fingerprint density at radius 3 is 2.35 bits per heavy atom. The Balaban J connectivity index is 1.70. The van der Waals surface area contributed by atoms with Crippen LogP contribution < -0.4 is 15.5 Å². The largest absolute Gasteiger partial charge is 0.467 e. The highest BCUT2D eigenvalue weighted by molar-refractivity contribution is 7.12. The number of nitrogens with zero attached hydrogens (tertiary/aromatic N) is 1. The van der Waals surface area contributed by atoms with Crippen LogP contribution in [0.2, 0.25) is 0 Å². The van der Waals surface area contributed by atoms with Crippen LogP contribution in [-0.2, 0) is 16.1 Å². The highest BCUT2D eigenvalue weighted by Gasteiger charge is 2.33. The molecule has 0 radical (unpaired) electrons. The van der Waals surface area contributed by atoms with Gasteiger partial charge in [0.15, 0.2) is 0 Å². The molecule has 4 rings (SSSR count). The summed E-state index contributed by atoms with van der Waals surface area (Å²) in [6, 6.07) is 19.2. The van der Waals surface area contributed by atoms with Gasteiger partial charge in [-0.2, -0.15) is 0 Å². The van der Waals surface area contributed by atoms with Gasteiger partial charge in [-0.05, 0) is 73.2 Å². The molecular weight excluding hydrogens is 486 g/mol. The van der Waals surface area contributed by atoms with Gasteiger partial charge in [0.1, 0.15) is 11.8 Å². The summed E-state index contributed by atoms with van der Waals surface area (Å²) in [5.74, 6) is -0.510. The number of rotatable bonds is 9. The van der Waals surface area contributed by atoms with E-state index in [-0.39, 0.29) is 24.9 Å². The van der Waals surface area contributed by atoms with E-state index in [0.29, 0.717) is 21.9 Å². The Kier molecular flexibility index (Phi) is 8.20. The number of furan rings is 1. The summed E-state index contributed by atoms with van der Waals surface area (Å²) in [6.45, 7) is 5.82. The minimum Gasteiger partial charge on any atom is -0.467 e. The van der Waals surface area contributed by atoms with Crippen LogP contribution in [0, 0.1) is 20.8 Å². The lowest BCUT2D eigenvalue weighted by molar-refractivity contribution is -0.126. The zero-order chi connectivity index (χ0) is 26.4. The first kappa shape index (κ1) is 25.9. The van der Waals surface area contributed by atoms with E-state index in [0.717, 1.165) is 16.7 Å². The van der Waals surface area contributed by atoms with Crippen molar-refractivity contribution < 1.29 is 18.8 Å². The number of carbonyl (C=O) groups excluding carboxylic acids is 3. The molecule has 2 aromatic carbocycles. The van der Waals surface area contributed by atoms with Gasteiger partial charge in [0, 0.05) is 5.69 Å². The third kappa shape index (κ3) is 6.34. The summed E-state index contributed by atoms with van der Waals surface area (Å²) in [6.07, 6.45) is 1.54. The van der Waals surface area contributed by atoms with Crippen molar-refractivity contribution in [2.24, 2.45) is 0 Å². The minimum atomic E-state index is -0.969. The molecule has 37 heavy (non-hydrogen) atoms. The van der Waals surface area contributed by atoms with E-state index < -0.39 is 11.9 Å². The van der Waals surface area contributed by atoms with Crippen LogP contribution >= 0.6 is 11.3 Å². The summed E-state index contributed by atoms with van der Waals surface area (Å²) < 4.78 is 5.37. The van der Waals surface area contributed by atoms with Crippen molar-refractivity contribution in [3.63, 3.8) is 0 Å². The Bertz CT molecular complexity index is 1360. The molecule has 2 aromatic heterocycles. The predicted molar refractivity (Wildman–Crippen MR) is 145 cm³/mol. The SMILES string of the molecule is Cc1ccc([C@@H](C(=O)NCc2ccco2)N(C(=O)CNC(=O)c2cccs2)c2ccc(C)c(C)c2)cc1. The van der Waals surface area contributed by atoms with Crippen LogP contribution in [0.25, 0.3) is 0 Å². The number of thiophene rings is 1. The first-order valence-electron chi connectivity index (χ1n) is 11.9. The lowest BCUT2D eigenvalue weighted by atomic mass is 10.0. The van der Waals surface area contributed by atoms with Crippen molar-refractivity contribution in [3.05, 3.63) is 111 Å². The molecule has 0 bridgehead atoms. The lowest BCUT2D eigenvalue weighted by Gasteiger charge is -2.32. The number of nitrogens with one attached hydrogen (secondary N) is 2. The van der Waals surface area contributed by atoms with Crippen molar-refractivity contribution in [2.75, 3.05) is 11.4 Å².